The lowest BCUT2D eigenvalue weighted by molar-refractivity contribution is -0.114. The van der Waals surface area contributed by atoms with Crippen LogP contribution in [0.25, 0.3) is 34.4 Å². The van der Waals surface area contributed by atoms with E-state index in [2.05, 4.69) is 20.6 Å². The van der Waals surface area contributed by atoms with Crippen molar-refractivity contribution in [1.29, 1.82) is 0 Å². The van der Waals surface area contributed by atoms with E-state index in [-0.39, 0.29) is 44.5 Å². The van der Waals surface area contributed by atoms with Crippen LogP contribution in [-0.2, 0) is 29.8 Å². The second-order valence-electron chi connectivity index (χ2n) is 10.4. The van der Waals surface area contributed by atoms with Crippen LogP contribution in [0.2, 0.25) is 0 Å². The van der Waals surface area contributed by atoms with E-state index in [0.717, 1.165) is 35.7 Å². The average Bonchev–Trinajstić information content (AvgIpc) is 3.69. The minimum absolute atomic E-state index is 0.0544. The summed E-state index contributed by atoms with van der Waals surface area (Å²) in [6.07, 6.45) is 2.41. The number of nitrogens with one attached hydrogen (secondary N) is 2. The number of hydrogen-bond donors (Lipinski definition) is 4. The second kappa shape index (κ2) is 14.5. The molecule has 2 heterocycles. The van der Waals surface area contributed by atoms with Crippen LogP contribution in [0.3, 0.4) is 0 Å². The molecule has 0 radical (unpaired) electrons. The van der Waals surface area contributed by atoms with E-state index in [1.54, 1.807) is 48.5 Å². The number of hydrogen-bond acceptors (Lipinski definition) is 12. The number of aromatic nitrogens is 2. The van der Waals surface area contributed by atoms with Crippen LogP contribution in [-0.4, -0.2) is 59.2 Å². The third-order valence-corrected chi connectivity index (χ3v) is 10.3. The molecule has 0 spiro atoms. The SMILES string of the molecule is O=C(CSc1nc2ccccc2o1)Nc1ccc(/C=C/c2ccc(NC(=O)CSc3nc4ccccc4o3)cc2S(=O)(=O)O)c(S(=O)(=O)O)c1. The molecule has 0 saturated carbocycles. The fourth-order valence-corrected chi connectivity index (χ4v) is 7.30. The number of benzene rings is 4. The molecule has 6 aromatic rings. The summed E-state index contributed by atoms with van der Waals surface area (Å²) in [5, 5.41) is 5.64. The Morgan fingerprint density at radius 2 is 1.04 bits per heavy atom. The number of fused-ring (bicyclic) bond motifs is 2. The highest BCUT2D eigenvalue weighted by Gasteiger charge is 2.19. The Labute approximate surface area is 292 Å². The van der Waals surface area contributed by atoms with Crippen LogP contribution >= 0.6 is 23.5 Å². The van der Waals surface area contributed by atoms with Gasteiger partial charge in [0.25, 0.3) is 30.7 Å². The van der Waals surface area contributed by atoms with Crippen molar-refractivity contribution in [2.45, 2.75) is 20.2 Å². The number of oxazole rings is 2. The van der Waals surface area contributed by atoms with Crippen LogP contribution in [0.4, 0.5) is 11.4 Å². The Morgan fingerprint density at radius 3 is 1.42 bits per heavy atom. The van der Waals surface area contributed by atoms with Gasteiger partial charge in [0.05, 0.1) is 11.5 Å². The van der Waals surface area contributed by atoms with E-state index in [1.165, 1.54) is 36.4 Å². The molecule has 6 rings (SSSR count). The zero-order valence-corrected chi connectivity index (χ0v) is 28.6. The second-order valence-corrected chi connectivity index (χ2v) is 15.0. The van der Waals surface area contributed by atoms with E-state index >= 15 is 0 Å². The first-order valence-electron chi connectivity index (χ1n) is 14.3. The van der Waals surface area contributed by atoms with Gasteiger partial charge in [0, 0.05) is 11.4 Å². The van der Waals surface area contributed by atoms with Gasteiger partial charge in [-0.2, -0.15) is 16.8 Å². The van der Waals surface area contributed by atoms with E-state index < -0.39 is 41.8 Å². The Morgan fingerprint density at radius 1 is 0.640 bits per heavy atom. The predicted octanol–water partition coefficient (Wildman–Crippen LogP) is 6.09. The molecule has 256 valence electrons. The molecule has 0 saturated heterocycles. The number of thioether (sulfide) groups is 2. The van der Waals surface area contributed by atoms with Gasteiger partial charge in [-0.15, -0.1) is 0 Å². The Balaban J connectivity index is 1.14. The van der Waals surface area contributed by atoms with Crippen molar-refractivity contribution < 1.29 is 44.4 Å². The number of carbonyl (C=O) groups is 2. The van der Waals surface area contributed by atoms with Crippen LogP contribution in [0.5, 0.6) is 0 Å². The summed E-state index contributed by atoms with van der Waals surface area (Å²) in [4.78, 5) is 32.6. The number of anilines is 2. The van der Waals surface area contributed by atoms with Crippen molar-refractivity contribution in [3.05, 3.63) is 96.1 Å². The number of para-hydroxylation sites is 4. The summed E-state index contributed by atoms with van der Waals surface area (Å²) >= 11 is 2.07. The van der Waals surface area contributed by atoms with Gasteiger partial charge in [0.2, 0.25) is 11.8 Å². The molecule has 2 aromatic heterocycles. The minimum atomic E-state index is -4.82. The highest BCUT2D eigenvalue weighted by molar-refractivity contribution is 8.00. The zero-order valence-electron chi connectivity index (χ0n) is 25.3. The molecule has 0 aliphatic carbocycles. The Bertz CT molecular complexity index is 2270. The molecule has 14 nitrogen and oxygen atoms in total. The molecule has 0 fully saturated rings. The number of nitrogens with zero attached hydrogens (tertiary/aromatic N) is 2. The maximum atomic E-state index is 12.6. The summed E-state index contributed by atoms with van der Waals surface area (Å²) < 4.78 is 80.0. The van der Waals surface area contributed by atoms with Gasteiger partial charge in [-0.3, -0.25) is 18.7 Å². The molecule has 18 heteroatoms. The standard InChI is InChI=1S/C32H24N4O10S4/c37-29(17-47-31-35-23-5-1-3-7-25(23)45-31)33-21-13-11-19(27(15-21)49(39,40)41)9-10-20-12-14-22(16-28(20)50(42,43)44)34-30(38)18-48-32-36-24-6-2-4-8-26(24)46-32/h1-16H,17-18H2,(H,33,37)(H,34,38)(H,39,40,41)(H,42,43,44)/b10-9+. The van der Waals surface area contributed by atoms with Gasteiger partial charge in [-0.25, -0.2) is 9.97 Å². The van der Waals surface area contributed by atoms with Gasteiger partial charge < -0.3 is 19.5 Å². The van der Waals surface area contributed by atoms with Crippen LogP contribution in [0.15, 0.2) is 114 Å². The summed E-state index contributed by atoms with van der Waals surface area (Å²) in [5.74, 6) is -1.22. The Hall–Kier alpha value is -4.98. The van der Waals surface area contributed by atoms with Crippen molar-refractivity contribution >= 4 is 101 Å². The molecule has 4 N–H and O–H groups in total. The van der Waals surface area contributed by atoms with Crippen molar-refractivity contribution in [3.63, 3.8) is 0 Å². The van der Waals surface area contributed by atoms with Gasteiger partial charge in [0.15, 0.2) is 11.2 Å². The smallest absolute Gasteiger partial charge is 0.295 e. The number of amides is 2. The molecule has 0 atom stereocenters. The third-order valence-electron chi connectivity index (χ3n) is 6.79. The van der Waals surface area contributed by atoms with Crippen LogP contribution in [0, 0.1) is 0 Å². The number of rotatable bonds is 12. The van der Waals surface area contributed by atoms with Crippen LogP contribution < -0.4 is 10.6 Å². The lowest BCUT2D eigenvalue weighted by Crippen LogP contribution is -2.15. The van der Waals surface area contributed by atoms with Crippen molar-refractivity contribution in [3.8, 4) is 0 Å². The summed E-state index contributed by atoms with van der Waals surface area (Å²) in [6.45, 7) is 0. The van der Waals surface area contributed by atoms with Gasteiger partial charge in [0.1, 0.15) is 20.8 Å². The summed E-state index contributed by atoms with van der Waals surface area (Å²) in [5.41, 5.74) is 2.40. The monoisotopic (exact) mass is 752 g/mol. The van der Waals surface area contributed by atoms with E-state index in [4.69, 9.17) is 8.83 Å². The molecule has 0 unspecified atom stereocenters. The largest absolute Gasteiger partial charge is 0.431 e. The molecule has 0 aliphatic rings. The quantitative estimate of drug-likeness (QED) is 0.0631. The minimum Gasteiger partial charge on any atom is -0.431 e. The summed E-state index contributed by atoms with van der Waals surface area (Å²) in [6, 6.07) is 21.6. The normalized spacial score (nSPS) is 12.1. The average molecular weight is 753 g/mol. The zero-order chi connectivity index (χ0) is 35.5. The molecular formula is C32H24N4O10S4. The van der Waals surface area contributed by atoms with E-state index in [1.807, 2.05) is 0 Å². The predicted molar refractivity (Wildman–Crippen MR) is 188 cm³/mol. The molecule has 0 bridgehead atoms. The van der Waals surface area contributed by atoms with Crippen LogP contribution in [0.1, 0.15) is 11.1 Å². The fourth-order valence-electron chi connectivity index (χ4n) is 4.60. The first-order chi connectivity index (χ1) is 23.8. The Kier molecular flexibility index (Phi) is 10.1. The molecule has 50 heavy (non-hydrogen) atoms. The molecule has 2 amide bonds. The van der Waals surface area contributed by atoms with Crippen molar-refractivity contribution in [2.24, 2.45) is 0 Å². The highest BCUT2D eigenvalue weighted by atomic mass is 32.2. The summed E-state index contributed by atoms with van der Waals surface area (Å²) in [7, 11) is -9.64. The lowest BCUT2D eigenvalue weighted by Gasteiger charge is -2.10. The van der Waals surface area contributed by atoms with E-state index in [9.17, 15) is 35.5 Å². The third kappa shape index (κ3) is 8.59. The molecule has 4 aromatic carbocycles. The number of carbonyl (C=O) groups excluding carboxylic acids is 2. The fraction of sp³-hybridized carbons (Fsp3) is 0.0625. The van der Waals surface area contributed by atoms with Gasteiger partial charge >= 0.3 is 0 Å². The topological polar surface area (TPSA) is 219 Å². The maximum absolute atomic E-state index is 12.6. The van der Waals surface area contributed by atoms with Crippen molar-refractivity contribution in [2.75, 3.05) is 22.1 Å². The van der Waals surface area contributed by atoms with Gasteiger partial charge in [-0.05, 0) is 59.7 Å². The first kappa shape index (κ1) is 34.9. The van der Waals surface area contributed by atoms with Crippen molar-refractivity contribution in [1.82, 2.24) is 9.97 Å². The lowest BCUT2D eigenvalue weighted by atomic mass is 10.1. The molecule has 0 aliphatic heterocycles. The maximum Gasteiger partial charge on any atom is 0.295 e. The van der Waals surface area contributed by atoms with E-state index in [0.29, 0.717) is 22.2 Å². The molecular weight excluding hydrogens is 729 g/mol. The first-order valence-corrected chi connectivity index (χ1v) is 19.1. The van der Waals surface area contributed by atoms with Gasteiger partial charge in [-0.1, -0.05) is 72.1 Å². The highest BCUT2D eigenvalue weighted by Crippen LogP contribution is 2.28.